The molecule has 0 bridgehead atoms. The van der Waals surface area contributed by atoms with Crippen molar-refractivity contribution >= 4 is 23.5 Å². The van der Waals surface area contributed by atoms with Gasteiger partial charge in [0.1, 0.15) is 29.9 Å². The number of aliphatic hydroxyl groups excluding tert-OH is 1. The molecule has 2 saturated heterocycles. The summed E-state index contributed by atoms with van der Waals surface area (Å²) in [7, 11) is 0. The number of carboxylic acids is 1. The van der Waals surface area contributed by atoms with Gasteiger partial charge in [0.15, 0.2) is 0 Å². The molecule has 2 aliphatic rings. The monoisotopic (exact) mass is 650 g/mol. The highest BCUT2D eigenvalue weighted by molar-refractivity contribution is 6.03. The van der Waals surface area contributed by atoms with E-state index in [1.807, 2.05) is 24.3 Å². The minimum absolute atomic E-state index is 0.127. The predicted octanol–water partition coefficient (Wildman–Crippen LogP) is 5.13. The van der Waals surface area contributed by atoms with E-state index in [0.29, 0.717) is 50.1 Å². The molecule has 2 fully saturated rings. The molecule has 2 amide bonds. The van der Waals surface area contributed by atoms with Gasteiger partial charge in [-0.3, -0.25) is 9.59 Å². The first-order valence-corrected chi connectivity index (χ1v) is 15.8. The van der Waals surface area contributed by atoms with Gasteiger partial charge in [0.05, 0.1) is 31.3 Å². The average Bonchev–Trinajstić information content (AvgIpc) is 3.02. The number of benzene rings is 3. The van der Waals surface area contributed by atoms with Gasteiger partial charge in [-0.25, -0.2) is 13.6 Å². The van der Waals surface area contributed by atoms with Gasteiger partial charge in [-0.05, 0) is 84.7 Å². The fourth-order valence-corrected chi connectivity index (χ4v) is 6.17. The molecule has 0 aliphatic carbocycles. The van der Waals surface area contributed by atoms with Crippen molar-refractivity contribution in [2.24, 2.45) is 11.8 Å². The van der Waals surface area contributed by atoms with Crippen molar-refractivity contribution in [3.8, 4) is 0 Å². The van der Waals surface area contributed by atoms with Crippen molar-refractivity contribution in [1.82, 2.24) is 5.32 Å². The number of aryl methyl sites for hydroxylation is 1. The molecule has 0 radical (unpaired) electrons. The van der Waals surface area contributed by atoms with Crippen LogP contribution in [0.5, 0.6) is 0 Å². The van der Waals surface area contributed by atoms with E-state index in [0.717, 1.165) is 11.1 Å². The third-order valence-electron chi connectivity index (χ3n) is 8.98. The molecule has 2 heterocycles. The van der Waals surface area contributed by atoms with E-state index in [1.54, 1.807) is 30.9 Å². The molecular formula is C36H40F2N2O7. The number of carboxylic acid groups (broad SMARTS) is 1. The van der Waals surface area contributed by atoms with E-state index in [9.17, 15) is 33.4 Å². The van der Waals surface area contributed by atoms with Crippen molar-refractivity contribution < 1.29 is 42.9 Å². The van der Waals surface area contributed by atoms with E-state index in [2.05, 4.69) is 5.32 Å². The SMILES string of the molecule is CC(C)[C@@H](NC(=O)COC1(CCc2cccc(C3[C@@H](CCC(O)c4ccc(F)cc4)C(=O)N3c3ccc(F)cc3)c2)COC1)C(=O)O. The number of halogens is 2. The van der Waals surface area contributed by atoms with E-state index in [-0.39, 0.29) is 24.5 Å². The number of anilines is 1. The molecule has 47 heavy (non-hydrogen) atoms. The Bertz CT molecular complexity index is 1560. The Hall–Kier alpha value is -4.19. The molecule has 3 N–H and O–H groups in total. The topological polar surface area (TPSA) is 125 Å². The van der Waals surface area contributed by atoms with Crippen LogP contribution < -0.4 is 10.2 Å². The van der Waals surface area contributed by atoms with Crippen LogP contribution in [0.15, 0.2) is 72.8 Å². The molecule has 250 valence electrons. The highest BCUT2D eigenvalue weighted by atomic mass is 19.1. The van der Waals surface area contributed by atoms with Crippen molar-refractivity contribution in [3.63, 3.8) is 0 Å². The standard InChI is InChI=1S/C36H40F2N2O7/c1-22(2)32(35(44)45)39-31(42)19-47-36(20-46-21-36)17-16-23-4-3-5-25(18-23)33-29(14-15-30(41)24-6-8-26(37)9-7-24)34(43)40(33)28-12-10-27(38)11-13-28/h3-13,18,22,29-30,32-33,41H,14-17,19-21H2,1-2H3,(H,39,42)(H,44,45)/t29-,30?,32-,33?/m1/s1. The summed E-state index contributed by atoms with van der Waals surface area (Å²) in [4.78, 5) is 39.1. The fourth-order valence-electron chi connectivity index (χ4n) is 6.17. The molecule has 4 atom stereocenters. The van der Waals surface area contributed by atoms with Crippen LogP contribution in [-0.4, -0.2) is 59.5 Å². The molecule has 0 aromatic heterocycles. The van der Waals surface area contributed by atoms with Crippen molar-refractivity contribution in [2.45, 2.75) is 63.3 Å². The number of aliphatic hydroxyl groups is 1. The maximum Gasteiger partial charge on any atom is 0.326 e. The Labute approximate surface area is 272 Å². The third-order valence-corrected chi connectivity index (χ3v) is 8.98. The van der Waals surface area contributed by atoms with Crippen molar-refractivity contribution in [2.75, 3.05) is 24.7 Å². The second-order valence-electron chi connectivity index (χ2n) is 12.7. The summed E-state index contributed by atoms with van der Waals surface area (Å²) in [5.41, 5.74) is 2.33. The summed E-state index contributed by atoms with van der Waals surface area (Å²) < 4.78 is 38.5. The lowest BCUT2D eigenvalue weighted by molar-refractivity contribution is -0.212. The number of hydrogen-bond acceptors (Lipinski definition) is 6. The van der Waals surface area contributed by atoms with Crippen LogP contribution in [0.4, 0.5) is 14.5 Å². The van der Waals surface area contributed by atoms with Crippen LogP contribution >= 0.6 is 0 Å². The van der Waals surface area contributed by atoms with Gasteiger partial charge < -0.3 is 29.9 Å². The van der Waals surface area contributed by atoms with E-state index < -0.39 is 47.2 Å². The van der Waals surface area contributed by atoms with Crippen LogP contribution in [0, 0.1) is 23.5 Å². The minimum atomic E-state index is -1.10. The van der Waals surface area contributed by atoms with Crippen LogP contribution in [0.2, 0.25) is 0 Å². The van der Waals surface area contributed by atoms with Gasteiger partial charge in [0.2, 0.25) is 11.8 Å². The number of rotatable bonds is 15. The number of hydrogen-bond donors (Lipinski definition) is 3. The number of nitrogens with one attached hydrogen (secondary N) is 1. The zero-order valence-electron chi connectivity index (χ0n) is 26.4. The van der Waals surface area contributed by atoms with Crippen LogP contribution in [-0.2, 0) is 30.3 Å². The molecule has 2 unspecified atom stereocenters. The lowest BCUT2D eigenvalue weighted by Crippen LogP contribution is -2.55. The number of aliphatic carboxylic acids is 1. The first-order chi connectivity index (χ1) is 22.5. The Balaban J connectivity index is 1.27. The number of nitrogens with zero attached hydrogens (tertiary/aromatic N) is 1. The maximum atomic E-state index is 13.7. The summed E-state index contributed by atoms with van der Waals surface area (Å²) in [6, 6.07) is 17.9. The minimum Gasteiger partial charge on any atom is -0.480 e. The second kappa shape index (κ2) is 14.7. The summed E-state index contributed by atoms with van der Waals surface area (Å²) in [6.07, 6.45) is 0.967. The first kappa shape index (κ1) is 34.2. The van der Waals surface area contributed by atoms with Crippen LogP contribution in [0.25, 0.3) is 0 Å². The predicted molar refractivity (Wildman–Crippen MR) is 169 cm³/mol. The Morgan fingerprint density at radius 1 is 1.04 bits per heavy atom. The number of carbonyl (C=O) groups excluding carboxylic acids is 2. The summed E-state index contributed by atoms with van der Waals surface area (Å²) in [5, 5.41) is 22.6. The molecule has 5 rings (SSSR count). The van der Waals surface area contributed by atoms with Crippen molar-refractivity contribution in [3.05, 3.63) is 101 Å². The first-order valence-electron chi connectivity index (χ1n) is 15.8. The van der Waals surface area contributed by atoms with Crippen molar-refractivity contribution in [1.29, 1.82) is 0 Å². The average molecular weight is 651 g/mol. The molecular weight excluding hydrogens is 610 g/mol. The molecule has 3 aromatic rings. The largest absolute Gasteiger partial charge is 0.480 e. The summed E-state index contributed by atoms with van der Waals surface area (Å²) in [6.45, 7) is 3.75. The van der Waals surface area contributed by atoms with Crippen LogP contribution in [0.3, 0.4) is 0 Å². The molecule has 3 aromatic carbocycles. The molecule has 2 aliphatic heterocycles. The Morgan fingerprint density at radius 3 is 2.30 bits per heavy atom. The van der Waals surface area contributed by atoms with Crippen LogP contribution in [0.1, 0.15) is 61.9 Å². The molecule has 9 nitrogen and oxygen atoms in total. The quantitative estimate of drug-likeness (QED) is 0.195. The molecule has 0 spiro atoms. The number of amides is 2. The highest BCUT2D eigenvalue weighted by Crippen LogP contribution is 2.46. The number of ether oxygens (including phenoxy) is 2. The zero-order valence-corrected chi connectivity index (χ0v) is 26.4. The second-order valence-corrected chi connectivity index (χ2v) is 12.7. The molecule has 0 saturated carbocycles. The van der Waals surface area contributed by atoms with Gasteiger partial charge in [0, 0.05) is 5.69 Å². The number of β-lactam (4-membered cyclic amide) rings is 1. The Morgan fingerprint density at radius 2 is 1.70 bits per heavy atom. The van der Waals surface area contributed by atoms with E-state index in [1.165, 1.54) is 36.4 Å². The number of carbonyl (C=O) groups is 3. The highest BCUT2D eigenvalue weighted by Gasteiger charge is 2.48. The zero-order chi connectivity index (χ0) is 33.7. The summed E-state index contributed by atoms with van der Waals surface area (Å²) >= 11 is 0. The normalized spacial score (nSPS) is 19.9. The van der Waals surface area contributed by atoms with Gasteiger partial charge in [-0.2, -0.15) is 0 Å². The molecule has 11 heteroatoms. The van der Waals surface area contributed by atoms with Gasteiger partial charge >= 0.3 is 5.97 Å². The van der Waals surface area contributed by atoms with Gasteiger partial charge in [-0.1, -0.05) is 50.2 Å². The van der Waals surface area contributed by atoms with Gasteiger partial charge in [0.25, 0.3) is 0 Å². The lowest BCUT2D eigenvalue weighted by Gasteiger charge is -2.48. The smallest absolute Gasteiger partial charge is 0.326 e. The summed E-state index contributed by atoms with van der Waals surface area (Å²) in [5.74, 6) is -3.26. The van der Waals surface area contributed by atoms with E-state index in [4.69, 9.17) is 9.47 Å². The Kier molecular flexibility index (Phi) is 10.7. The lowest BCUT2D eigenvalue weighted by atomic mass is 9.77. The fraction of sp³-hybridized carbons (Fsp3) is 0.417. The van der Waals surface area contributed by atoms with E-state index >= 15 is 0 Å². The third kappa shape index (κ3) is 8.04. The maximum absolute atomic E-state index is 13.7. The van der Waals surface area contributed by atoms with Gasteiger partial charge in [-0.15, -0.1) is 0 Å².